The van der Waals surface area contributed by atoms with Gasteiger partial charge >= 0.3 is 0 Å². The van der Waals surface area contributed by atoms with Gasteiger partial charge in [-0.25, -0.2) is 0 Å². The lowest BCUT2D eigenvalue weighted by molar-refractivity contribution is 0.0724. The number of anilines is 1. The molecular formula is C15H24N2O2. The highest BCUT2D eigenvalue weighted by atomic mass is 16.5. The van der Waals surface area contributed by atoms with Gasteiger partial charge in [0.25, 0.3) is 0 Å². The topological polar surface area (TPSA) is 35.9 Å². The SMILES string of the molecule is Cc1cccc(N2CCN(CCOCCO)CC2)c1. The zero-order valence-corrected chi connectivity index (χ0v) is 11.7. The molecule has 1 N–H and O–H groups in total. The molecule has 106 valence electrons. The van der Waals surface area contributed by atoms with Gasteiger partial charge in [0, 0.05) is 38.4 Å². The Hall–Kier alpha value is -1.10. The molecule has 4 nitrogen and oxygen atoms in total. The Morgan fingerprint density at radius 2 is 1.95 bits per heavy atom. The van der Waals surface area contributed by atoms with E-state index in [1.54, 1.807) is 0 Å². The highest BCUT2D eigenvalue weighted by molar-refractivity contribution is 5.48. The largest absolute Gasteiger partial charge is 0.394 e. The van der Waals surface area contributed by atoms with Crippen molar-refractivity contribution in [3.63, 3.8) is 0 Å². The molecule has 1 aromatic rings. The summed E-state index contributed by atoms with van der Waals surface area (Å²) in [5.74, 6) is 0. The summed E-state index contributed by atoms with van der Waals surface area (Å²) in [4.78, 5) is 4.86. The predicted octanol–water partition coefficient (Wildman–Crippen LogP) is 1.13. The lowest BCUT2D eigenvalue weighted by Crippen LogP contribution is -2.47. The zero-order valence-electron chi connectivity index (χ0n) is 11.7. The Labute approximate surface area is 115 Å². The molecule has 0 atom stereocenters. The fraction of sp³-hybridized carbons (Fsp3) is 0.600. The third-order valence-corrected chi connectivity index (χ3v) is 3.53. The van der Waals surface area contributed by atoms with Gasteiger partial charge in [0.1, 0.15) is 0 Å². The molecule has 0 aliphatic carbocycles. The molecular weight excluding hydrogens is 240 g/mol. The highest BCUT2D eigenvalue weighted by Gasteiger charge is 2.16. The van der Waals surface area contributed by atoms with Crippen LogP contribution in [-0.4, -0.2) is 62.6 Å². The lowest BCUT2D eigenvalue weighted by atomic mass is 10.2. The molecule has 0 amide bonds. The third-order valence-electron chi connectivity index (χ3n) is 3.53. The summed E-state index contributed by atoms with van der Waals surface area (Å²) in [6.45, 7) is 8.68. The first kappa shape index (κ1) is 14.3. The van der Waals surface area contributed by atoms with Gasteiger partial charge in [-0.15, -0.1) is 0 Å². The Morgan fingerprint density at radius 3 is 2.63 bits per heavy atom. The molecule has 1 fully saturated rings. The van der Waals surface area contributed by atoms with Crippen LogP contribution in [0.1, 0.15) is 5.56 Å². The first-order valence-electron chi connectivity index (χ1n) is 7.02. The lowest BCUT2D eigenvalue weighted by Gasteiger charge is -2.36. The standard InChI is InChI=1S/C15H24N2O2/c1-14-3-2-4-15(13-14)17-7-5-16(6-8-17)9-11-19-12-10-18/h2-4,13,18H,5-12H2,1H3. The Balaban J connectivity index is 1.73. The summed E-state index contributed by atoms with van der Waals surface area (Å²) in [5.41, 5.74) is 2.65. The first-order valence-corrected chi connectivity index (χ1v) is 7.02. The zero-order chi connectivity index (χ0) is 13.5. The number of benzene rings is 1. The minimum absolute atomic E-state index is 0.112. The molecule has 0 saturated carbocycles. The van der Waals surface area contributed by atoms with Crippen molar-refractivity contribution >= 4 is 5.69 Å². The fourth-order valence-corrected chi connectivity index (χ4v) is 2.41. The molecule has 0 unspecified atom stereocenters. The van der Waals surface area contributed by atoms with Gasteiger partial charge in [0.2, 0.25) is 0 Å². The van der Waals surface area contributed by atoms with Crippen molar-refractivity contribution in [2.24, 2.45) is 0 Å². The number of piperazine rings is 1. The molecule has 1 aliphatic heterocycles. The second-order valence-corrected chi connectivity index (χ2v) is 5.00. The van der Waals surface area contributed by atoms with E-state index >= 15 is 0 Å². The van der Waals surface area contributed by atoms with Gasteiger partial charge in [0.05, 0.1) is 19.8 Å². The monoisotopic (exact) mass is 264 g/mol. The smallest absolute Gasteiger partial charge is 0.0698 e. The first-order chi connectivity index (χ1) is 9.29. The van der Waals surface area contributed by atoms with E-state index in [-0.39, 0.29) is 6.61 Å². The Morgan fingerprint density at radius 1 is 1.16 bits per heavy atom. The van der Waals surface area contributed by atoms with Crippen LogP contribution >= 0.6 is 0 Å². The van der Waals surface area contributed by atoms with Gasteiger partial charge in [0.15, 0.2) is 0 Å². The summed E-state index contributed by atoms with van der Waals surface area (Å²) >= 11 is 0. The number of aryl methyl sites for hydroxylation is 1. The second kappa shape index (κ2) is 7.48. The average molecular weight is 264 g/mol. The number of hydrogen-bond acceptors (Lipinski definition) is 4. The molecule has 0 radical (unpaired) electrons. The van der Waals surface area contributed by atoms with Crippen molar-refractivity contribution in [2.75, 3.05) is 57.4 Å². The number of ether oxygens (including phenoxy) is 1. The molecule has 4 heteroatoms. The number of rotatable bonds is 6. The van der Waals surface area contributed by atoms with Crippen LogP contribution in [0.2, 0.25) is 0 Å². The van der Waals surface area contributed by atoms with Crippen molar-refractivity contribution in [1.82, 2.24) is 4.90 Å². The molecule has 1 aromatic carbocycles. The van der Waals surface area contributed by atoms with Crippen LogP contribution in [0.25, 0.3) is 0 Å². The summed E-state index contributed by atoms with van der Waals surface area (Å²) in [6, 6.07) is 8.70. The maximum absolute atomic E-state index is 8.64. The summed E-state index contributed by atoms with van der Waals surface area (Å²) < 4.78 is 5.31. The third kappa shape index (κ3) is 4.49. The number of hydrogen-bond donors (Lipinski definition) is 1. The van der Waals surface area contributed by atoms with Crippen LogP contribution in [0.3, 0.4) is 0 Å². The number of nitrogens with zero attached hydrogens (tertiary/aromatic N) is 2. The highest BCUT2D eigenvalue weighted by Crippen LogP contribution is 2.17. The van der Waals surface area contributed by atoms with E-state index in [4.69, 9.17) is 9.84 Å². The minimum Gasteiger partial charge on any atom is -0.394 e. The molecule has 0 aromatic heterocycles. The van der Waals surface area contributed by atoms with Gasteiger partial charge in [-0.05, 0) is 24.6 Å². The van der Waals surface area contributed by atoms with E-state index in [9.17, 15) is 0 Å². The van der Waals surface area contributed by atoms with E-state index in [1.165, 1.54) is 11.3 Å². The molecule has 0 bridgehead atoms. The van der Waals surface area contributed by atoms with Crippen molar-refractivity contribution in [3.8, 4) is 0 Å². The van der Waals surface area contributed by atoms with Crippen LogP contribution in [0.5, 0.6) is 0 Å². The van der Waals surface area contributed by atoms with E-state index in [1.807, 2.05) is 0 Å². The Bertz CT molecular complexity index is 376. The minimum atomic E-state index is 0.112. The fourth-order valence-electron chi connectivity index (χ4n) is 2.41. The van der Waals surface area contributed by atoms with Gasteiger partial charge in [-0.2, -0.15) is 0 Å². The van der Waals surface area contributed by atoms with E-state index in [2.05, 4.69) is 41.0 Å². The van der Waals surface area contributed by atoms with Crippen LogP contribution < -0.4 is 4.90 Å². The molecule has 1 heterocycles. The normalized spacial score (nSPS) is 16.8. The summed E-state index contributed by atoms with van der Waals surface area (Å²) in [5, 5.41) is 8.64. The van der Waals surface area contributed by atoms with E-state index in [0.717, 1.165) is 32.7 Å². The van der Waals surface area contributed by atoms with Crippen molar-refractivity contribution in [2.45, 2.75) is 6.92 Å². The maximum atomic E-state index is 8.64. The van der Waals surface area contributed by atoms with E-state index in [0.29, 0.717) is 13.2 Å². The summed E-state index contributed by atoms with van der Waals surface area (Å²) in [7, 11) is 0. The Kier molecular flexibility index (Phi) is 5.63. The summed E-state index contributed by atoms with van der Waals surface area (Å²) in [6.07, 6.45) is 0. The predicted molar refractivity (Wildman–Crippen MR) is 77.7 cm³/mol. The van der Waals surface area contributed by atoms with Crippen LogP contribution in [0.4, 0.5) is 5.69 Å². The van der Waals surface area contributed by atoms with Crippen LogP contribution in [-0.2, 0) is 4.74 Å². The number of aliphatic hydroxyl groups excluding tert-OH is 1. The van der Waals surface area contributed by atoms with Crippen molar-refractivity contribution in [3.05, 3.63) is 29.8 Å². The molecule has 0 spiro atoms. The average Bonchev–Trinajstić information content (AvgIpc) is 2.44. The van der Waals surface area contributed by atoms with Crippen molar-refractivity contribution < 1.29 is 9.84 Å². The quantitative estimate of drug-likeness (QED) is 0.781. The van der Waals surface area contributed by atoms with Crippen molar-refractivity contribution in [1.29, 1.82) is 0 Å². The molecule has 1 saturated heterocycles. The maximum Gasteiger partial charge on any atom is 0.0698 e. The van der Waals surface area contributed by atoms with Gasteiger partial charge < -0.3 is 14.7 Å². The van der Waals surface area contributed by atoms with Gasteiger partial charge in [-0.3, -0.25) is 4.90 Å². The van der Waals surface area contributed by atoms with Crippen LogP contribution in [0.15, 0.2) is 24.3 Å². The molecule has 2 rings (SSSR count). The molecule has 1 aliphatic rings. The number of aliphatic hydroxyl groups is 1. The van der Waals surface area contributed by atoms with E-state index < -0.39 is 0 Å². The molecule has 19 heavy (non-hydrogen) atoms. The van der Waals surface area contributed by atoms with Crippen LogP contribution in [0, 0.1) is 6.92 Å². The van der Waals surface area contributed by atoms with Gasteiger partial charge in [-0.1, -0.05) is 12.1 Å². The second-order valence-electron chi connectivity index (χ2n) is 5.00.